The Morgan fingerprint density at radius 2 is 1.79 bits per heavy atom. The zero-order chi connectivity index (χ0) is 23.5. The van der Waals surface area contributed by atoms with E-state index in [1.165, 1.54) is 11.8 Å². The molecule has 0 spiro atoms. The van der Waals surface area contributed by atoms with Gasteiger partial charge in [0.25, 0.3) is 5.91 Å². The summed E-state index contributed by atoms with van der Waals surface area (Å²) in [6.07, 6.45) is 3.61. The molecule has 2 aromatic carbocycles. The molecule has 2 aliphatic heterocycles. The molecule has 2 aliphatic rings. The summed E-state index contributed by atoms with van der Waals surface area (Å²) < 4.78 is 0. The monoisotopic (exact) mass is 490 g/mol. The predicted octanol–water partition coefficient (Wildman–Crippen LogP) is 4.56. The molecule has 172 valence electrons. The highest BCUT2D eigenvalue weighted by molar-refractivity contribution is 8.04. The van der Waals surface area contributed by atoms with Crippen molar-refractivity contribution in [3.8, 4) is 0 Å². The number of pyridine rings is 1. The smallest absolute Gasteiger partial charge is 0.265 e. The zero-order valence-corrected chi connectivity index (χ0v) is 20.0. The molecule has 1 aromatic heterocycles. The molecular formula is C26H23ClN4O2S. The highest BCUT2D eigenvalue weighted by Gasteiger charge is 2.32. The molecular weight excluding hydrogens is 468 g/mol. The molecule has 3 heterocycles. The van der Waals surface area contributed by atoms with Gasteiger partial charge in [-0.15, -0.1) is 0 Å². The fourth-order valence-corrected chi connectivity index (χ4v) is 5.39. The minimum absolute atomic E-state index is 0.00682. The van der Waals surface area contributed by atoms with Crippen LogP contribution < -0.4 is 9.80 Å². The van der Waals surface area contributed by atoms with Crippen LogP contribution in [0.2, 0.25) is 5.02 Å². The highest BCUT2D eigenvalue weighted by atomic mass is 35.5. The second kappa shape index (κ2) is 9.91. The minimum Gasteiger partial charge on any atom is -0.353 e. The van der Waals surface area contributed by atoms with Crippen molar-refractivity contribution in [2.75, 3.05) is 42.5 Å². The Morgan fingerprint density at radius 3 is 2.56 bits per heavy atom. The number of nitrogens with zero attached hydrogens (tertiary/aromatic N) is 4. The van der Waals surface area contributed by atoms with Crippen molar-refractivity contribution in [1.29, 1.82) is 0 Å². The van der Waals surface area contributed by atoms with Crippen molar-refractivity contribution in [2.24, 2.45) is 0 Å². The van der Waals surface area contributed by atoms with Gasteiger partial charge in [0.15, 0.2) is 0 Å². The molecule has 8 heteroatoms. The van der Waals surface area contributed by atoms with E-state index in [0.29, 0.717) is 36.1 Å². The van der Waals surface area contributed by atoms with Crippen molar-refractivity contribution in [1.82, 2.24) is 9.88 Å². The number of aromatic nitrogens is 1. The number of para-hydroxylation sites is 1. The third-order valence-corrected chi connectivity index (χ3v) is 7.19. The van der Waals surface area contributed by atoms with Gasteiger partial charge in [0.2, 0.25) is 5.91 Å². The molecule has 1 fully saturated rings. The molecule has 0 radical (unpaired) electrons. The first-order valence-corrected chi connectivity index (χ1v) is 12.3. The first kappa shape index (κ1) is 22.5. The minimum atomic E-state index is -0.177. The van der Waals surface area contributed by atoms with Crippen LogP contribution in [0.3, 0.4) is 0 Å². The number of amides is 2. The van der Waals surface area contributed by atoms with E-state index in [9.17, 15) is 9.59 Å². The SMILES string of the molecule is O=C(CN1C(=O)/C(=C\c2cccc(Cl)c2)Sc2ccccc21)N1CCN(c2ccccn2)CC1. The number of hydrogen-bond donors (Lipinski definition) is 0. The Labute approximate surface area is 207 Å². The fourth-order valence-electron chi connectivity index (χ4n) is 4.13. The normalized spacial score (nSPS) is 17.1. The second-order valence-electron chi connectivity index (χ2n) is 8.08. The maximum Gasteiger partial charge on any atom is 0.265 e. The maximum absolute atomic E-state index is 13.4. The summed E-state index contributed by atoms with van der Waals surface area (Å²) in [5, 5.41) is 0.611. The van der Waals surface area contributed by atoms with Crippen LogP contribution in [0.25, 0.3) is 6.08 Å². The van der Waals surface area contributed by atoms with Crippen LogP contribution in [0.4, 0.5) is 11.5 Å². The lowest BCUT2D eigenvalue weighted by Gasteiger charge is -2.37. The lowest BCUT2D eigenvalue weighted by atomic mass is 10.2. The Morgan fingerprint density at radius 1 is 1.00 bits per heavy atom. The predicted molar refractivity (Wildman–Crippen MR) is 137 cm³/mol. The molecule has 0 bridgehead atoms. The Kier molecular flexibility index (Phi) is 6.56. The summed E-state index contributed by atoms with van der Waals surface area (Å²) in [4.78, 5) is 38.2. The van der Waals surface area contributed by atoms with Crippen molar-refractivity contribution in [2.45, 2.75) is 4.90 Å². The van der Waals surface area contributed by atoms with Gasteiger partial charge in [-0.3, -0.25) is 14.5 Å². The molecule has 5 rings (SSSR count). The van der Waals surface area contributed by atoms with Crippen molar-refractivity contribution < 1.29 is 9.59 Å². The number of rotatable bonds is 4. The number of piperazine rings is 1. The lowest BCUT2D eigenvalue weighted by Crippen LogP contribution is -2.52. The maximum atomic E-state index is 13.4. The van der Waals surface area contributed by atoms with Gasteiger partial charge in [-0.05, 0) is 48.0 Å². The first-order valence-electron chi connectivity index (χ1n) is 11.1. The molecule has 2 amide bonds. The van der Waals surface area contributed by atoms with E-state index in [0.717, 1.165) is 22.0 Å². The van der Waals surface area contributed by atoms with Gasteiger partial charge < -0.3 is 9.80 Å². The van der Waals surface area contributed by atoms with Gasteiger partial charge in [-0.2, -0.15) is 0 Å². The number of fused-ring (bicyclic) bond motifs is 1. The van der Waals surface area contributed by atoms with Crippen molar-refractivity contribution >= 4 is 52.8 Å². The van der Waals surface area contributed by atoms with Gasteiger partial charge in [0, 0.05) is 42.3 Å². The van der Waals surface area contributed by atoms with Crippen LogP contribution >= 0.6 is 23.4 Å². The van der Waals surface area contributed by atoms with Gasteiger partial charge in [0.1, 0.15) is 12.4 Å². The third kappa shape index (κ3) is 4.81. The summed E-state index contributed by atoms with van der Waals surface area (Å²) in [6.45, 7) is 2.62. The molecule has 0 unspecified atom stereocenters. The summed E-state index contributed by atoms with van der Waals surface area (Å²) in [5.74, 6) is 0.685. The average molecular weight is 491 g/mol. The van der Waals surface area contributed by atoms with Crippen molar-refractivity contribution in [3.63, 3.8) is 0 Å². The van der Waals surface area contributed by atoms with Gasteiger partial charge >= 0.3 is 0 Å². The molecule has 0 N–H and O–H groups in total. The second-order valence-corrected chi connectivity index (χ2v) is 9.60. The van der Waals surface area contributed by atoms with Crippen LogP contribution in [0.15, 0.2) is 82.7 Å². The third-order valence-electron chi connectivity index (χ3n) is 5.88. The van der Waals surface area contributed by atoms with E-state index < -0.39 is 0 Å². The first-order chi connectivity index (χ1) is 16.6. The van der Waals surface area contributed by atoms with Gasteiger partial charge in [-0.25, -0.2) is 4.98 Å². The van der Waals surface area contributed by atoms with Crippen LogP contribution in [0.5, 0.6) is 0 Å². The van der Waals surface area contributed by atoms with Crippen molar-refractivity contribution in [3.05, 3.63) is 88.4 Å². The summed E-state index contributed by atoms with van der Waals surface area (Å²) in [5.41, 5.74) is 1.61. The molecule has 3 aromatic rings. The zero-order valence-electron chi connectivity index (χ0n) is 18.4. The van der Waals surface area contributed by atoms with E-state index in [4.69, 9.17) is 11.6 Å². The van der Waals surface area contributed by atoms with Crippen LogP contribution in [0.1, 0.15) is 5.56 Å². The quantitative estimate of drug-likeness (QED) is 0.502. The molecule has 6 nitrogen and oxygen atoms in total. The number of benzene rings is 2. The summed E-state index contributed by atoms with van der Waals surface area (Å²) in [7, 11) is 0. The van der Waals surface area contributed by atoms with E-state index >= 15 is 0 Å². The Hall–Kier alpha value is -3.29. The topological polar surface area (TPSA) is 56.8 Å². The molecule has 0 saturated carbocycles. The number of carbonyl (C=O) groups is 2. The van der Waals surface area contributed by atoms with Gasteiger partial charge in [0.05, 0.1) is 10.6 Å². The molecule has 0 atom stereocenters. The molecule has 0 aliphatic carbocycles. The van der Waals surface area contributed by atoms with Crippen LogP contribution in [0, 0.1) is 0 Å². The van der Waals surface area contributed by atoms with E-state index in [2.05, 4.69) is 9.88 Å². The largest absolute Gasteiger partial charge is 0.353 e. The molecule has 1 saturated heterocycles. The molecule has 34 heavy (non-hydrogen) atoms. The van der Waals surface area contributed by atoms with E-state index in [1.54, 1.807) is 17.2 Å². The number of hydrogen-bond acceptors (Lipinski definition) is 5. The van der Waals surface area contributed by atoms with Gasteiger partial charge in [-0.1, -0.05) is 53.7 Å². The number of carbonyl (C=O) groups excluding carboxylic acids is 2. The average Bonchev–Trinajstić information content (AvgIpc) is 2.87. The Bertz CT molecular complexity index is 1240. The summed E-state index contributed by atoms with van der Waals surface area (Å²) >= 11 is 7.54. The fraction of sp³-hybridized carbons (Fsp3) is 0.192. The standard InChI is InChI=1S/C26H23ClN4O2S/c27-20-7-5-6-19(16-20)17-23-26(33)31(21-8-1-2-9-22(21)34-23)18-25(32)30-14-12-29(13-15-30)24-10-3-4-11-28-24/h1-11,16-17H,12-15,18H2/b23-17+. The Balaban J connectivity index is 1.33. The lowest BCUT2D eigenvalue weighted by molar-refractivity contribution is -0.131. The number of halogens is 1. The van der Waals surface area contributed by atoms with Crippen LogP contribution in [-0.4, -0.2) is 54.4 Å². The summed E-state index contributed by atoms with van der Waals surface area (Å²) in [6, 6.07) is 20.9. The number of thioether (sulfide) groups is 1. The van der Waals surface area contributed by atoms with E-state index in [1.807, 2.05) is 71.6 Å². The number of anilines is 2. The van der Waals surface area contributed by atoms with Crippen LogP contribution in [-0.2, 0) is 9.59 Å². The highest BCUT2D eigenvalue weighted by Crippen LogP contribution is 2.42. The van der Waals surface area contributed by atoms with E-state index in [-0.39, 0.29) is 18.4 Å².